The summed E-state index contributed by atoms with van der Waals surface area (Å²) in [5.74, 6) is 0.624. The third-order valence-electron chi connectivity index (χ3n) is 5.66. The quantitative estimate of drug-likeness (QED) is 0.723. The molecule has 2 bridgehead atoms. The van der Waals surface area contributed by atoms with E-state index in [-0.39, 0.29) is 36.5 Å². The van der Waals surface area contributed by atoms with Crippen LogP contribution in [0.25, 0.3) is 0 Å². The Bertz CT molecular complexity index is 855. The highest BCUT2D eigenvalue weighted by atomic mass is 16.6. The van der Waals surface area contributed by atoms with E-state index in [9.17, 15) is 9.59 Å². The molecule has 152 valence electrons. The average Bonchev–Trinajstić information content (AvgIpc) is 2.76. The predicted molar refractivity (Wildman–Crippen MR) is 107 cm³/mol. The Morgan fingerprint density at radius 3 is 2.45 bits per heavy atom. The van der Waals surface area contributed by atoms with Crippen molar-refractivity contribution >= 4 is 11.9 Å². The minimum Gasteiger partial charge on any atom is -0.497 e. The van der Waals surface area contributed by atoms with Gasteiger partial charge in [-0.25, -0.2) is 4.79 Å². The van der Waals surface area contributed by atoms with Crippen LogP contribution in [0.5, 0.6) is 5.75 Å². The second kappa shape index (κ2) is 8.66. The molecule has 1 amide bonds. The van der Waals surface area contributed by atoms with Crippen molar-refractivity contribution in [3.05, 3.63) is 65.7 Å². The highest BCUT2D eigenvalue weighted by Gasteiger charge is 2.44. The number of Topliss-reactive ketones (excluding diaryl/α,β-unsaturated/α-hetero) is 1. The van der Waals surface area contributed by atoms with E-state index in [1.165, 1.54) is 0 Å². The first kappa shape index (κ1) is 19.5. The number of morpholine rings is 1. The van der Waals surface area contributed by atoms with Crippen LogP contribution in [0.15, 0.2) is 54.6 Å². The van der Waals surface area contributed by atoms with Crippen LogP contribution in [0.3, 0.4) is 0 Å². The highest BCUT2D eigenvalue weighted by molar-refractivity contribution is 5.98. The van der Waals surface area contributed by atoms with Gasteiger partial charge in [0, 0.05) is 11.5 Å². The molecule has 2 saturated heterocycles. The number of amides is 1. The van der Waals surface area contributed by atoms with E-state index in [0.717, 1.165) is 5.56 Å². The molecule has 6 heteroatoms. The molecule has 2 aliphatic heterocycles. The second-order valence-corrected chi connectivity index (χ2v) is 7.56. The van der Waals surface area contributed by atoms with Gasteiger partial charge >= 0.3 is 6.09 Å². The molecule has 0 aromatic heterocycles. The van der Waals surface area contributed by atoms with Gasteiger partial charge in [-0.1, -0.05) is 42.5 Å². The van der Waals surface area contributed by atoms with Crippen LogP contribution in [0.1, 0.15) is 28.8 Å². The number of rotatable bonds is 5. The number of hydrogen-bond acceptors (Lipinski definition) is 5. The normalized spacial score (nSPS) is 23.3. The first-order chi connectivity index (χ1) is 14.2. The number of hydrogen-bond donors (Lipinski definition) is 0. The number of piperidine rings is 1. The zero-order valence-electron chi connectivity index (χ0n) is 16.5. The van der Waals surface area contributed by atoms with E-state index >= 15 is 0 Å². The first-order valence-electron chi connectivity index (χ1n) is 9.90. The summed E-state index contributed by atoms with van der Waals surface area (Å²) < 4.78 is 16.5. The first-order valence-corrected chi connectivity index (χ1v) is 9.90. The van der Waals surface area contributed by atoms with Gasteiger partial charge in [0.2, 0.25) is 0 Å². The van der Waals surface area contributed by atoms with Crippen molar-refractivity contribution in [3.63, 3.8) is 0 Å². The summed E-state index contributed by atoms with van der Waals surface area (Å²) in [6.45, 7) is 1.10. The SMILES string of the molecule is COc1cccc(C(=O)C2CC3COCC(C2)N3C(=O)OCc2ccccc2)c1. The van der Waals surface area contributed by atoms with Crippen molar-refractivity contribution in [2.24, 2.45) is 5.92 Å². The topological polar surface area (TPSA) is 65.1 Å². The summed E-state index contributed by atoms with van der Waals surface area (Å²) in [6.07, 6.45) is 0.819. The number of methoxy groups -OCH3 is 1. The van der Waals surface area contributed by atoms with Crippen molar-refractivity contribution in [3.8, 4) is 5.75 Å². The standard InChI is InChI=1S/C23H25NO5/c1-27-21-9-5-8-17(12-21)22(25)18-10-19-14-28-15-20(11-18)24(19)23(26)29-13-16-6-3-2-4-7-16/h2-9,12,18-20H,10-11,13-15H2,1H3. The van der Waals surface area contributed by atoms with Gasteiger partial charge in [0.15, 0.2) is 5.78 Å². The molecule has 2 unspecified atom stereocenters. The van der Waals surface area contributed by atoms with Gasteiger partial charge in [0.05, 0.1) is 32.4 Å². The Kier molecular flexibility index (Phi) is 5.81. The number of fused-ring (bicyclic) bond motifs is 2. The van der Waals surface area contributed by atoms with Crippen molar-refractivity contribution in [1.82, 2.24) is 4.90 Å². The van der Waals surface area contributed by atoms with Crippen LogP contribution >= 0.6 is 0 Å². The molecular weight excluding hydrogens is 370 g/mol. The van der Waals surface area contributed by atoms with Crippen LogP contribution in [0.2, 0.25) is 0 Å². The maximum atomic E-state index is 13.1. The third-order valence-corrected chi connectivity index (χ3v) is 5.66. The Hall–Kier alpha value is -2.86. The van der Waals surface area contributed by atoms with E-state index in [0.29, 0.717) is 37.4 Å². The van der Waals surface area contributed by atoms with Gasteiger partial charge in [-0.3, -0.25) is 9.69 Å². The van der Waals surface area contributed by atoms with Crippen LogP contribution in [0.4, 0.5) is 4.79 Å². The monoisotopic (exact) mass is 395 g/mol. The van der Waals surface area contributed by atoms with Gasteiger partial charge in [0.25, 0.3) is 0 Å². The molecule has 2 aromatic rings. The van der Waals surface area contributed by atoms with Crippen molar-refractivity contribution in [2.75, 3.05) is 20.3 Å². The second-order valence-electron chi connectivity index (χ2n) is 7.56. The third kappa shape index (κ3) is 4.27. The molecule has 6 nitrogen and oxygen atoms in total. The van der Waals surface area contributed by atoms with Gasteiger partial charge < -0.3 is 14.2 Å². The van der Waals surface area contributed by atoms with E-state index < -0.39 is 0 Å². The molecule has 2 aromatic carbocycles. The lowest BCUT2D eigenvalue weighted by Crippen LogP contribution is -2.59. The Morgan fingerprint density at radius 2 is 1.76 bits per heavy atom. The lowest BCUT2D eigenvalue weighted by molar-refractivity contribution is -0.0755. The van der Waals surface area contributed by atoms with Crippen LogP contribution < -0.4 is 4.74 Å². The molecule has 0 saturated carbocycles. The lowest BCUT2D eigenvalue weighted by Gasteiger charge is -2.47. The van der Waals surface area contributed by atoms with Crippen molar-refractivity contribution < 1.29 is 23.8 Å². The van der Waals surface area contributed by atoms with Crippen molar-refractivity contribution in [1.29, 1.82) is 0 Å². The number of ketones is 1. The van der Waals surface area contributed by atoms with E-state index in [1.807, 2.05) is 48.5 Å². The Labute approximate surface area is 170 Å². The zero-order valence-corrected chi connectivity index (χ0v) is 16.5. The largest absolute Gasteiger partial charge is 0.497 e. The highest BCUT2D eigenvalue weighted by Crippen LogP contribution is 2.34. The average molecular weight is 395 g/mol. The summed E-state index contributed by atoms with van der Waals surface area (Å²) in [5, 5.41) is 0. The lowest BCUT2D eigenvalue weighted by atomic mass is 9.81. The predicted octanol–water partition coefficient (Wildman–Crippen LogP) is 3.69. The minimum absolute atomic E-state index is 0.0955. The fraction of sp³-hybridized carbons (Fsp3) is 0.391. The maximum absolute atomic E-state index is 13.1. The van der Waals surface area contributed by atoms with E-state index in [1.54, 1.807) is 18.1 Å². The molecule has 29 heavy (non-hydrogen) atoms. The number of nitrogens with zero attached hydrogens (tertiary/aromatic N) is 1. The number of benzene rings is 2. The Balaban J connectivity index is 1.43. The molecule has 0 N–H and O–H groups in total. The van der Waals surface area contributed by atoms with E-state index in [2.05, 4.69) is 0 Å². The molecule has 0 aliphatic carbocycles. The number of carbonyl (C=O) groups is 2. The molecule has 2 fully saturated rings. The van der Waals surface area contributed by atoms with Gasteiger partial charge in [-0.2, -0.15) is 0 Å². The summed E-state index contributed by atoms with van der Waals surface area (Å²) in [7, 11) is 1.59. The van der Waals surface area contributed by atoms with Crippen LogP contribution in [0, 0.1) is 5.92 Å². The molecule has 0 spiro atoms. The summed E-state index contributed by atoms with van der Waals surface area (Å²) in [5.41, 5.74) is 1.60. The van der Waals surface area contributed by atoms with E-state index in [4.69, 9.17) is 14.2 Å². The summed E-state index contributed by atoms with van der Waals surface area (Å²) in [4.78, 5) is 27.6. The number of carbonyl (C=O) groups excluding carboxylic acids is 2. The molecule has 0 radical (unpaired) electrons. The van der Waals surface area contributed by atoms with Crippen LogP contribution in [-0.4, -0.2) is 49.2 Å². The molecular formula is C23H25NO5. The minimum atomic E-state index is -0.334. The fourth-order valence-electron chi connectivity index (χ4n) is 4.23. The zero-order chi connectivity index (χ0) is 20.2. The Morgan fingerprint density at radius 1 is 1.03 bits per heavy atom. The maximum Gasteiger partial charge on any atom is 0.410 e. The fourth-order valence-corrected chi connectivity index (χ4v) is 4.23. The van der Waals surface area contributed by atoms with Gasteiger partial charge in [-0.15, -0.1) is 0 Å². The molecule has 2 aliphatic rings. The summed E-state index contributed by atoms with van der Waals surface area (Å²) >= 11 is 0. The van der Waals surface area contributed by atoms with Gasteiger partial charge in [-0.05, 0) is 30.5 Å². The van der Waals surface area contributed by atoms with Gasteiger partial charge in [0.1, 0.15) is 12.4 Å². The molecule has 2 heterocycles. The summed E-state index contributed by atoms with van der Waals surface area (Å²) in [6, 6.07) is 16.6. The molecule has 4 rings (SSSR count). The molecule has 2 atom stereocenters. The van der Waals surface area contributed by atoms with Crippen molar-refractivity contribution in [2.45, 2.75) is 31.5 Å². The number of ether oxygens (including phenoxy) is 3. The smallest absolute Gasteiger partial charge is 0.410 e. The van der Waals surface area contributed by atoms with Crippen LogP contribution in [-0.2, 0) is 16.1 Å².